The van der Waals surface area contributed by atoms with Gasteiger partial charge in [0, 0.05) is 5.39 Å². The van der Waals surface area contributed by atoms with Crippen molar-refractivity contribution in [3.8, 4) is 11.5 Å². The number of rotatable bonds is 5. The van der Waals surface area contributed by atoms with E-state index in [9.17, 15) is 9.59 Å². The highest BCUT2D eigenvalue weighted by Gasteiger charge is 2.40. The first-order valence-corrected chi connectivity index (χ1v) is 8.45. The molecule has 2 heterocycles. The van der Waals surface area contributed by atoms with Gasteiger partial charge in [0.2, 0.25) is 0 Å². The van der Waals surface area contributed by atoms with Crippen molar-refractivity contribution in [3.05, 3.63) is 60.3 Å². The van der Waals surface area contributed by atoms with E-state index < -0.39 is 12.0 Å². The molecule has 1 atom stereocenters. The zero-order valence-electron chi connectivity index (χ0n) is 14.9. The molecule has 0 aliphatic carbocycles. The second-order valence-electron chi connectivity index (χ2n) is 6.10. The van der Waals surface area contributed by atoms with Crippen LogP contribution in [-0.4, -0.2) is 35.9 Å². The van der Waals surface area contributed by atoms with Gasteiger partial charge in [0.1, 0.15) is 6.04 Å². The summed E-state index contributed by atoms with van der Waals surface area (Å²) < 4.78 is 12.2. The van der Waals surface area contributed by atoms with Crippen LogP contribution in [0.15, 0.2) is 54.6 Å². The second-order valence-corrected chi connectivity index (χ2v) is 6.10. The third-order valence-corrected chi connectivity index (χ3v) is 4.59. The van der Waals surface area contributed by atoms with E-state index >= 15 is 0 Å². The van der Waals surface area contributed by atoms with Gasteiger partial charge in [-0.2, -0.15) is 5.06 Å². The molecule has 0 radical (unpaired) electrons. The Hall–Kier alpha value is -3.32. The summed E-state index contributed by atoms with van der Waals surface area (Å²) in [6.07, 6.45) is -0.0477. The minimum atomic E-state index is -0.572. The summed E-state index contributed by atoms with van der Waals surface area (Å²) >= 11 is 0. The Kier molecular flexibility index (Phi) is 4.29. The minimum absolute atomic E-state index is 0.0477. The van der Waals surface area contributed by atoms with Crippen LogP contribution in [0, 0.1) is 0 Å². The zero-order valence-corrected chi connectivity index (χ0v) is 14.9. The van der Waals surface area contributed by atoms with Crippen LogP contribution >= 0.6 is 0 Å². The Morgan fingerprint density at radius 3 is 2.48 bits per heavy atom. The molecule has 3 aromatic rings. The summed E-state index contributed by atoms with van der Waals surface area (Å²) in [5, 5.41) is 2.13. The van der Waals surface area contributed by atoms with Crippen molar-refractivity contribution in [3.63, 3.8) is 0 Å². The van der Waals surface area contributed by atoms with Crippen LogP contribution in [0.25, 0.3) is 10.9 Å². The number of para-hydroxylation sites is 3. The Morgan fingerprint density at radius 1 is 1.04 bits per heavy atom. The number of esters is 1. The normalized spacial score (nSPS) is 15.9. The van der Waals surface area contributed by atoms with Gasteiger partial charge in [0.25, 0.3) is 0 Å². The van der Waals surface area contributed by atoms with Crippen LogP contribution in [0.4, 0.5) is 4.79 Å². The fraction of sp³-hybridized carbons (Fsp3) is 0.200. The number of ether oxygens (including phenoxy) is 2. The summed E-state index contributed by atoms with van der Waals surface area (Å²) in [5.74, 6) is 0.308. The predicted molar refractivity (Wildman–Crippen MR) is 97.6 cm³/mol. The van der Waals surface area contributed by atoms with Gasteiger partial charge in [0.15, 0.2) is 11.5 Å². The summed E-state index contributed by atoms with van der Waals surface area (Å²) in [6.45, 7) is 0. The summed E-state index contributed by atoms with van der Waals surface area (Å²) in [7, 11) is 2.92. The number of carbonyl (C=O) groups excluding carboxylic acids is 2. The molecular formula is C20H18N2O5. The number of hydroxylamine groups is 2. The molecule has 0 spiro atoms. The number of aromatic nitrogens is 1. The van der Waals surface area contributed by atoms with Crippen LogP contribution in [0.2, 0.25) is 0 Å². The number of hydrogen-bond donors (Lipinski definition) is 0. The molecule has 1 amide bonds. The lowest BCUT2D eigenvalue weighted by molar-refractivity contribution is -0.143. The molecule has 0 saturated heterocycles. The maximum Gasteiger partial charge on any atom is 0.353 e. The van der Waals surface area contributed by atoms with E-state index in [1.54, 1.807) is 28.8 Å². The van der Waals surface area contributed by atoms with Crippen LogP contribution in [0.5, 0.6) is 11.5 Å². The average Bonchev–Trinajstić information content (AvgIpc) is 3.18. The topological polar surface area (TPSA) is 70.0 Å². The molecule has 1 aromatic heterocycles. The lowest BCUT2D eigenvalue weighted by atomic mass is 10.1. The molecule has 1 aliphatic rings. The molecule has 7 heteroatoms. The lowest BCUT2D eigenvalue weighted by Crippen LogP contribution is -2.30. The van der Waals surface area contributed by atoms with Crippen LogP contribution in [-0.2, 0) is 9.63 Å². The van der Waals surface area contributed by atoms with Crippen molar-refractivity contribution < 1.29 is 23.9 Å². The number of methoxy groups -OCH3 is 1. The molecule has 0 fully saturated rings. The highest BCUT2D eigenvalue weighted by Crippen LogP contribution is 2.37. The average molecular weight is 366 g/mol. The monoisotopic (exact) mass is 366 g/mol. The third-order valence-electron chi connectivity index (χ3n) is 4.59. The van der Waals surface area contributed by atoms with Gasteiger partial charge in [-0.25, -0.2) is 4.79 Å². The van der Waals surface area contributed by atoms with Gasteiger partial charge >= 0.3 is 12.0 Å². The number of fused-ring (bicyclic) bond motifs is 3. The molecule has 1 aliphatic heterocycles. The van der Waals surface area contributed by atoms with Gasteiger partial charge in [-0.15, -0.1) is 0 Å². The molecule has 0 bridgehead atoms. The summed E-state index contributed by atoms with van der Waals surface area (Å²) in [6, 6.07) is 15.5. The van der Waals surface area contributed by atoms with Crippen molar-refractivity contribution >= 4 is 22.9 Å². The Morgan fingerprint density at radius 2 is 1.74 bits per heavy atom. The van der Waals surface area contributed by atoms with E-state index in [4.69, 9.17) is 14.3 Å². The summed E-state index contributed by atoms with van der Waals surface area (Å²) in [5.41, 5.74) is 1.47. The molecule has 1 unspecified atom stereocenters. The third kappa shape index (κ3) is 2.82. The van der Waals surface area contributed by atoms with Gasteiger partial charge in [-0.3, -0.25) is 14.2 Å². The van der Waals surface area contributed by atoms with Crippen LogP contribution in [0.1, 0.15) is 18.2 Å². The van der Waals surface area contributed by atoms with Crippen molar-refractivity contribution in [1.82, 2.24) is 9.63 Å². The molecule has 2 aromatic carbocycles. The first kappa shape index (κ1) is 17.1. The molecule has 138 valence electrons. The molecular weight excluding hydrogens is 348 g/mol. The molecule has 7 nitrogen and oxygen atoms in total. The quantitative estimate of drug-likeness (QED) is 0.510. The van der Waals surface area contributed by atoms with Gasteiger partial charge in [0.05, 0.1) is 31.9 Å². The van der Waals surface area contributed by atoms with E-state index in [1.807, 2.05) is 30.3 Å². The Balaban J connectivity index is 1.63. The van der Waals surface area contributed by atoms with Gasteiger partial charge < -0.3 is 9.47 Å². The fourth-order valence-corrected chi connectivity index (χ4v) is 3.40. The van der Waals surface area contributed by atoms with Crippen molar-refractivity contribution in [2.45, 2.75) is 12.5 Å². The predicted octanol–water partition coefficient (Wildman–Crippen LogP) is 3.53. The highest BCUT2D eigenvalue weighted by molar-refractivity contribution is 5.95. The van der Waals surface area contributed by atoms with Crippen molar-refractivity contribution in [2.24, 2.45) is 0 Å². The second kappa shape index (κ2) is 6.77. The first-order valence-electron chi connectivity index (χ1n) is 8.45. The van der Waals surface area contributed by atoms with E-state index in [0.29, 0.717) is 17.2 Å². The standard InChI is InChI=1S/C20H18N2O5/c1-25-17-9-5-6-10-18(17)27-19(23)12-16-15-11-13-7-3-4-8-14(13)21(15)20(24)22(16)26-2/h3-11,16H,12H2,1-2H3. The molecule has 0 N–H and O–H groups in total. The minimum Gasteiger partial charge on any atom is -0.493 e. The van der Waals surface area contributed by atoms with Gasteiger partial charge in [-0.1, -0.05) is 30.3 Å². The van der Waals surface area contributed by atoms with Crippen LogP contribution < -0.4 is 9.47 Å². The Labute approximate surface area is 155 Å². The SMILES string of the molecule is COc1ccccc1OC(=O)CC1c2cc3ccccc3n2C(=O)N1OC. The molecule has 0 saturated carbocycles. The van der Waals surface area contributed by atoms with Gasteiger partial charge in [-0.05, 0) is 24.3 Å². The first-order chi connectivity index (χ1) is 13.1. The van der Waals surface area contributed by atoms with Crippen LogP contribution in [0.3, 0.4) is 0 Å². The highest BCUT2D eigenvalue weighted by atomic mass is 16.7. The smallest absolute Gasteiger partial charge is 0.353 e. The molecule has 4 rings (SSSR count). The van der Waals surface area contributed by atoms with E-state index in [0.717, 1.165) is 10.9 Å². The number of hydrogen-bond acceptors (Lipinski definition) is 5. The van der Waals surface area contributed by atoms with Crippen molar-refractivity contribution in [1.29, 1.82) is 0 Å². The zero-order chi connectivity index (χ0) is 19.0. The van der Waals surface area contributed by atoms with E-state index in [2.05, 4.69) is 0 Å². The van der Waals surface area contributed by atoms with E-state index in [-0.39, 0.29) is 12.5 Å². The maximum atomic E-state index is 12.7. The number of benzene rings is 2. The van der Waals surface area contributed by atoms with E-state index in [1.165, 1.54) is 19.3 Å². The number of nitrogens with zero attached hydrogens (tertiary/aromatic N) is 2. The number of carbonyl (C=O) groups is 2. The van der Waals surface area contributed by atoms with Crippen molar-refractivity contribution in [2.75, 3.05) is 14.2 Å². The Bertz CT molecular complexity index is 1030. The maximum absolute atomic E-state index is 12.7. The number of amides is 1. The molecule has 27 heavy (non-hydrogen) atoms. The lowest BCUT2D eigenvalue weighted by Gasteiger charge is -2.20. The fourth-order valence-electron chi connectivity index (χ4n) is 3.40. The largest absolute Gasteiger partial charge is 0.493 e. The summed E-state index contributed by atoms with van der Waals surface area (Å²) in [4.78, 5) is 30.5.